The zero-order valence-electron chi connectivity index (χ0n) is 9.50. The molecule has 0 aliphatic rings. The SMILES string of the molecule is O=c1[nH]c(=O)n(Cc2ccc(I)cc2)cc1[N+](=O)[O-]. The second-order valence-corrected chi connectivity index (χ2v) is 5.03. The molecule has 7 nitrogen and oxygen atoms in total. The molecule has 0 saturated heterocycles. The van der Waals surface area contributed by atoms with Crippen LogP contribution in [-0.4, -0.2) is 14.5 Å². The number of rotatable bonds is 3. The Morgan fingerprint density at radius 3 is 2.47 bits per heavy atom. The lowest BCUT2D eigenvalue weighted by atomic mass is 10.2. The van der Waals surface area contributed by atoms with Gasteiger partial charge in [0.25, 0.3) is 0 Å². The topological polar surface area (TPSA) is 98.0 Å². The maximum Gasteiger partial charge on any atom is 0.350 e. The van der Waals surface area contributed by atoms with Crippen LogP contribution >= 0.6 is 22.6 Å². The number of aromatic amines is 1. The van der Waals surface area contributed by atoms with E-state index in [0.717, 1.165) is 19.9 Å². The van der Waals surface area contributed by atoms with Crippen LogP contribution in [0.1, 0.15) is 5.56 Å². The Morgan fingerprint density at radius 1 is 1.26 bits per heavy atom. The van der Waals surface area contributed by atoms with Crippen molar-refractivity contribution in [3.05, 3.63) is 70.5 Å². The molecule has 1 aromatic heterocycles. The molecule has 19 heavy (non-hydrogen) atoms. The summed E-state index contributed by atoms with van der Waals surface area (Å²) in [6, 6.07) is 7.35. The van der Waals surface area contributed by atoms with Gasteiger partial charge >= 0.3 is 16.9 Å². The van der Waals surface area contributed by atoms with Gasteiger partial charge in [-0.15, -0.1) is 0 Å². The first-order chi connectivity index (χ1) is 8.97. The Balaban J connectivity index is 2.43. The Labute approximate surface area is 120 Å². The fourth-order valence-corrected chi connectivity index (χ4v) is 1.89. The highest BCUT2D eigenvalue weighted by molar-refractivity contribution is 14.1. The van der Waals surface area contributed by atoms with E-state index in [1.54, 1.807) is 0 Å². The van der Waals surface area contributed by atoms with Gasteiger partial charge in [0.1, 0.15) is 0 Å². The van der Waals surface area contributed by atoms with Gasteiger partial charge < -0.3 is 0 Å². The van der Waals surface area contributed by atoms with Crippen molar-refractivity contribution < 1.29 is 4.92 Å². The molecule has 8 heteroatoms. The summed E-state index contributed by atoms with van der Waals surface area (Å²) in [6.45, 7) is 0.160. The fourth-order valence-electron chi connectivity index (χ4n) is 1.53. The molecule has 0 saturated carbocycles. The van der Waals surface area contributed by atoms with Gasteiger partial charge in [0.15, 0.2) is 0 Å². The van der Waals surface area contributed by atoms with E-state index in [-0.39, 0.29) is 6.54 Å². The lowest BCUT2D eigenvalue weighted by molar-refractivity contribution is -0.386. The van der Waals surface area contributed by atoms with Crippen LogP contribution in [0.25, 0.3) is 0 Å². The molecule has 2 aromatic rings. The number of hydrogen-bond acceptors (Lipinski definition) is 4. The maximum absolute atomic E-state index is 11.6. The summed E-state index contributed by atoms with van der Waals surface area (Å²) in [6.07, 6.45) is 0.957. The molecule has 2 rings (SSSR count). The summed E-state index contributed by atoms with van der Waals surface area (Å²) >= 11 is 2.15. The van der Waals surface area contributed by atoms with Gasteiger partial charge in [0, 0.05) is 3.57 Å². The molecule has 0 amide bonds. The van der Waals surface area contributed by atoms with E-state index in [2.05, 4.69) is 22.6 Å². The van der Waals surface area contributed by atoms with Crippen LogP contribution in [0.15, 0.2) is 40.1 Å². The molecule has 1 heterocycles. The second kappa shape index (κ2) is 5.34. The van der Waals surface area contributed by atoms with Gasteiger partial charge in [-0.3, -0.25) is 24.5 Å². The molecule has 0 radical (unpaired) electrons. The van der Waals surface area contributed by atoms with Crippen LogP contribution in [0, 0.1) is 13.7 Å². The van der Waals surface area contributed by atoms with Crippen LogP contribution in [-0.2, 0) is 6.54 Å². The number of halogens is 1. The van der Waals surface area contributed by atoms with Gasteiger partial charge in [0.05, 0.1) is 17.7 Å². The third-order valence-electron chi connectivity index (χ3n) is 2.45. The lowest BCUT2D eigenvalue weighted by Gasteiger charge is -2.04. The van der Waals surface area contributed by atoms with E-state index in [0.29, 0.717) is 0 Å². The molecule has 98 valence electrons. The van der Waals surface area contributed by atoms with Gasteiger partial charge in [0.2, 0.25) is 0 Å². The predicted molar refractivity (Wildman–Crippen MR) is 76.2 cm³/mol. The molecule has 0 spiro atoms. The van der Waals surface area contributed by atoms with Crippen molar-refractivity contribution in [3.63, 3.8) is 0 Å². The quantitative estimate of drug-likeness (QED) is 0.495. The van der Waals surface area contributed by atoms with E-state index in [1.165, 1.54) is 0 Å². The highest BCUT2D eigenvalue weighted by atomic mass is 127. The Bertz CT molecular complexity index is 733. The molecular formula is C11H8IN3O4. The highest BCUT2D eigenvalue weighted by Crippen LogP contribution is 2.08. The standard InChI is InChI=1S/C11H8IN3O4/c12-8-3-1-7(2-4-8)5-14-6-9(15(18)19)10(16)13-11(14)17/h1-4,6H,5H2,(H,13,16,17). The van der Waals surface area contributed by atoms with Gasteiger partial charge in [-0.25, -0.2) is 4.79 Å². The third-order valence-corrected chi connectivity index (χ3v) is 3.17. The lowest BCUT2D eigenvalue weighted by Crippen LogP contribution is -2.31. The summed E-state index contributed by atoms with van der Waals surface area (Å²) in [4.78, 5) is 34.6. The number of nitrogens with one attached hydrogen (secondary N) is 1. The molecule has 0 unspecified atom stereocenters. The van der Waals surface area contributed by atoms with E-state index in [1.807, 2.05) is 29.2 Å². The number of hydrogen-bond donors (Lipinski definition) is 1. The monoisotopic (exact) mass is 373 g/mol. The van der Waals surface area contributed by atoms with Crippen molar-refractivity contribution in [1.82, 2.24) is 9.55 Å². The van der Waals surface area contributed by atoms with E-state index < -0.39 is 21.9 Å². The summed E-state index contributed by atoms with van der Waals surface area (Å²) < 4.78 is 2.14. The zero-order valence-corrected chi connectivity index (χ0v) is 11.7. The average molecular weight is 373 g/mol. The predicted octanol–water partition coefficient (Wildman–Crippen LogP) is 1.10. The van der Waals surface area contributed by atoms with Crippen LogP contribution in [0.3, 0.4) is 0 Å². The molecule has 0 atom stereocenters. The number of nitro groups is 1. The van der Waals surface area contributed by atoms with Crippen LogP contribution in [0.2, 0.25) is 0 Å². The molecule has 1 aromatic carbocycles. The molecular weight excluding hydrogens is 365 g/mol. The van der Waals surface area contributed by atoms with Crippen LogP contribution in [0.4, 0.5) is 5.69 Å². The number of benzene rings is 1. The molecule has 0 aliphatic carbocycles. The number of aromatic nitrogens is 2. The minimum Gasteiger partial charge on any atom is -0.289 e. The first kappa shape index (κ1) is 13.5. The first-order valence-corrected chi connectivity index (χ1v) is 6.28. The van der Waals surface area contributed by atoms with Crippen molar-refractivity contribution in [2.45, 2.75) is 6.54 Å². The van der Waals surface area contributed by atoms with E-state index >= 15 is 0 Å². The smallest absolute Gasteiger partial charge is 0.289 e. The molecule has 0 fully saturated rings. The second-order valence-electron chi connectivity index (χ2n) is 3.79. The van der Waals surface area contributed by atoms with E-state index in [9.17, 15) is 19.7 Å². The fraction of sp³-hybridized carbons (Fsp3) is 0.0909. The molecule has 1 N–H and O–H groups in total. The average Bonchev–Trinajstić information content (AvgIpc) is 2.34. The van der Waals surface area contributed by atoms with Crippen LogP contribution < -0.4 is 11.2 Å². The van der Waals surface area contributed by atoms with Crippen LogP contribution in [0.5, 0.6) is 0 Å². The van der Waals surface area contributed by atoms with Gasteiger partial charge in [-0.1, -0.05) is 12.1 Å². The Kier molecular flexibility index (Phi) is 3.79. The van der Waals surface area contributed by atoms with Crippen molar-refractivity contribution in [1.29, 1.82) is 0 Å². The Morgan fingerprint density at radius 2 is 1.89 bits per heavy atom. The van der Waals surface area contributed by atoms with Crippen molar-refractivity contribution >= 4 is 28.3 Å². The normalized spacial score (nSPS) is 10.4. The molecule has 0 bridgehead atoms. The van der Waals surface area contributed by atoms with Crippen molar-refractivity contribution in [3.8, 4) is 0 Å². The summed E-state index contributed by atoms with van der Waals surface area (Å²) in [5.74, 6) is 0. The zero-order chi connectivity index (χ0) is 14.0. The maximum atomic E-state index is 11.6. The number of H-pyrrole nitrogens is 1. The Hall–Kier alpha value is -1.97. The van der Waals surface area contributed by atoms with Gasteiger partial charge in [-0.05, 0) is 40.3 Å². The minimum atomic E-state index is -0.992. The number of nitrogens with zero attached hydrogens (tertiary/aromatic N) is 2. The third kappa shape index (κ3) is 3.08. The minimum absolute atomic E-state index is 0.160. The summed E-state index contributed by atoms with van der Waals surface area (Å²) in [5.41, 5.74) is -1.50. The largest absolute Gasteiger partial charge is 0.350 e. The van der Waals surface area contributed by atoms with Crippen molar-refractivity contribution in [2.24, 2.45) is 0 Å². The molecule has 0 aliphatic heterocycles. The first-order valence-electron chi connectivity index (χ1n) is 5.20. The van der Waals surface area contributed by atoms with Gasteiger partial charge in [-0.2, -0.15) is 0 Å². The highest BCUT2D eigenvalue weighted by Gasteiger charge is 2.14. The van der Waals surface area contributed by atoms with E-state index in [4.69, 9.17) is 0 Å². The summed E-state index contributed by atoms with van der Waals surface area (Å²) in [5, 5.41) is 10.7. The van der Waals surface area contributed by atoms with Crippen molar-refractivity contribution in [2.75, 3.05) is 0 Å². The summed E-state index contributed by atoms with van der Waals surface area (Å²) in [7, 11) is 0.